The SMILES string of the molecule is CC(C)(C)OC(=O)N1CCC(COC(Cc2ccccc2)CC2CCN(C(=O)O)CC2)CC1. The van der Waals surface area contributed by atoms with Crippen molar-refractivity contribution in [2.75, 3.05) is 32.8 Å². The van der Waals surface area contributed by atoms with E-state index >= 15 is 0 Å². The number of piperidine rings is 2. The lowest BCUT2D eigenvalue weighted by Gasteiger charge is -2.35. The Hall–Kier alpha value is -2.28. The maximum absolute atomic E-state index is 12.3. The number of hydrogen-bond acceptors (Lipinski definition) is 4. The zero-order valence-corrected chi connectivity index (χ0v) is 20.4. The molecule has 2 heterocycles. The van der Waals surface area contributed by atoms with E-state index in [1.165, 1.54) is 10.5 Å². The fraction of sp³-hybridized carbons (Fsp3) is 0.692. The molecule has 0 radical (unpaired) electrons. The van der Waals surface area contributed by atoms with Gasteiger partial charge in [0.15, 0.2) is 0 Å². The van der Waals surface area contributed by atoms with Crippen LogP contribution in [0.5, 0.6) is 0 Å². The van der Waals surface area contributed by atoms with Crippen molar-refractivity contribution in [2.24, 2.45) is 11.8 Å². The molecule has 2 aliphatic rings. The molecule has 2 saturated heterocycles. The molecule has 1 unspecified atom stereocenters. The van der Waals surface area contributed by atoms with Crippen molar-refractivity contribution < 1.29 is 24.2 Å². The van der Waals surface area contributed by atoms with Gasteiger partial charge in [-0.15, -0.1) is 0 Å². The number of ether oxygens (including phenoxy) is 2. The van der Waals surface area contributed by atoms with Crippen LogP contribution in [0.4, 0.5) is 9.59 Å². The molecule has 1 N–H and O–H groups in total. The Bertz CT molecular complexity index is 748. The first-order valence-electron chi connectivity index (χ1n) is 12.3. The Morgan fingerprint density at radius 1 is 0.970 bits per heavy atom. The first-order valence-corrected chi connectivity index (χ1v) is 12.3. The van der Waals surface area contributed by atoms with Gasteiger partial charge in [0.2, 0.25) is 0 Å². The zero-order valence-electron chi connectivity index (χ0n) is 20.4. The first-order chi connectivity index (χ1) is 15.7. The summed E-state index contributed by atoms with van der Waals surface area (Å²) in [5, 5.41) is 9.21. The Balaban J connectivity index is 1.48. The van der Waals surface area contributed by atoms with Gasteiger partial charge in [0, 0.05) is 32.8 Å². The van der Waals surface area contributed by atoms with Crippen LogP contribution >= 0.6 is 0 Å². The molecular weight excluding hydrogens is 420 g/mol. The minimum Gasteiger partial charge on any atom is -0.465 e. The molecule has 2 aliphatic heterocycles. The molecule has 0 aromatic heterocycles. The standard InChI is InChI=1S/C26H40N2O5/c1-26(2,3)33-25(31)28-15-11-22(12-16-28)19-32-23(17-20-7-5-4-6-8-20)18-21-9-13-27(14-10-21)24(29)30/h4-8,21-23H,9-19H2,1-3H3,(H,29,30). The van der Waals surface area contributed by atoms with Crippen molar-refractivity contribution in [3.8, 4) is 0 Å². The van der Waals surface area contributed by atoms with E-state index in [4.69, 9.17) is 9.47 Å². The van der Waals surface area contributed by atoms with Crippen LogP contribution in [0.3, 0.4) is 0 Å². The molecule has 1 atom stereocenters. The summed E-state index contributed by atoms with van der Waals surface area (Å²) in [5.41, 5.74) is 0.799. The molecule has 7 nitrogen and oxygen atoms in total. The van der Waals surface area contributed by atoms with Gasteiger partial charge < -0.3 is 24.4 Å². The number of likely N-dealkylation sites (tertiary alicyclic amines) is 2. The van der Waals surface area contributed by atoms with Crippen LogP contribution in [0.25, 0.3) is 0 Å². The van der Waals surface area contributed by atoms with E-state index in [1.54, 1.807) is 4.90 Å². The van der Waals surface area contributed by atoms with Crippen LogP contribution in [0.1, 0.15) is 58.4 Å². The molecule has 2 fully saturated rings. The predicted octanol–water partition coefficient (Wildman–Crippen LogP) is 5.04. The maximum Gasteiger partial charge on any atom is 0.410 e. The van der Waals surface area contributed by atoms with Gasteiger partial charge in [-0.25, -0.2) is 9.59 Å². The highest BCUT2D eigenvalue weighted by molar-refractivity contribution is 5.68. The average Bonchev–Trinajstić information content (AvgIpc) is 2.78. The van der Waals surface area contributed by atoms with Crippen molar-refractivity contribution >= 4 is 12.2 Å². The van der Waals surface area contributed by atoms with Crippen molar-refractivity contribution in [3.05, 3.63) is 35.9 Å². The zero-order chi connectivity index (χ0) is 23.8. The summed E-state index contributed by atoms with van der Waals surface area (Å²) in [5.74, 6) is 0.930. The average molecular weight is 461 g/mol. The monoisotopic (exact) mass is 460 g/mol. The molecular formula is C26H40N2O5. The highest BCUT2D eigenvalue weighted by Gasteiger charge is 2.29. The summed E-state index contributed by atoms with van der Waals surface area (Å²) < 4.78 is 12.0. The lowest BCUT2D eigenvalue weighted by atomic mass is 9.89. The number of benzene rings is 1. The molecule has 2 amide bonds. The van der Waals surface area contributed by atoms with Crippen molar-refractivity contribution in [1.82, 2.24) is 9.80 Å². The Morgan fingerprint density at radius 2 is 1.55 bits per heavy atom. The smallest absolute Gasteiger partial charge is 0.410 e. The number of carbonyl (C=O) groups is 2. The summed E-state index contributed by atoms with van der Waals surface area (Å²) in [6.07, 6.45) is 4.56. The van der Waals surface area contributed by atoms with Gasteiger partial charge in [-0.2, -0.15) is 0 Å². The van der Waals surface area contributed by atoms with Gasteiger partial charge in [-0.1, -0.05) is 30.3 Å². The molecule has 1 aromatic rings. The summed E-state index contributed by atoms with van der Waals surface area (Å²) in [6, 6.07) is 10.4. The molecule has 7 heteroatoms. The second kappa shape index (κ2) is 11.7. The fourth-order valence-corrected chi connectivity index (χ4v) is 4.70. The van der Waals surface area contributed by atoms with E-state index in [2.05, 4.69) is 24.3 Å². The van der Waals surface area contributed by atoms with Crippen molar-refractivity contribution in [3.63, 3.8) is 0 Å². The van der Waals surface area contributed by atoms with Crippen LogP contribution < -0.4 is 0 Å². The predicted molar refractivity (Wildman–Crippen MR) is 127 cm³/mol. The van der Waals surface area contributed by atoms with E-state index in [0.29, 0.717) is 44.6 Å². The molecule has 184 valence electrons. The van der Waals surface area contributed by atoms with E-state index < -0.39 is 11.7 Å². The third-order valence-corrected chi connectivity index (χ3v) is 6.62. The number of amides is 2. The molecule has 33 heavy (non-hydrogen) atoms. The Labute approximate surface area is 198 Å². The van der Waals surface area contributed by atoms with E-state index in [1.807, 2.05) is 26.8 Å². The summed E-state index contributed by atoms with van der Waals surface area (Å²) in [4.78, 5) is 26.8. The molecule has 3 rings (SSSR count). The molecule has 1 aromatic carbocycles. The molecule has 0 aliphatic carbocycles. The second-order valence-electron chi connectivity index (χ2n) is 10.5. The van der Waals surface area contributed by atoms with Gasteiger partial charge in [0.1, 0.15) is 5.60 Å². The first kappa shape index (κ1) is 25.3. The molecule has 0 saturated carbocycles. The van der Waals surface area contributed by atoms with Crippen LogP contribution in [0, 0.1) is 11.8 Å². The topological polar surface area (TPSA) is 79.3 Å². The number of hydrogen-bond donors (Lipinski definition) is 1. The number of carboxylic acid groups (broad SMARTS) is 1. The van der Waals surface area contributed by atoms with Gasteiger partial charge in [-0.05, 0) is 76.7 Å². The van der Waals surface area contributed by atoms with Crippen molar-refractivity contribution in [1.29, 1.82) is 0 Å². The normalized spacial score (nSPS) is 19.4. The highest BCUT2D eigenvalue weighted by atomic mass is 16.6. The minimum absolute atomic E-state index is 0.123. The van der Waals surface area contributed by atoms with Crippen molar-refractivity contribution in [2.45, 2.75) is 71.0 Å². The summed E-state index contributed by atoms with van der Waals surface area (Å²) in [6.45, 7) is 9.02. The van der Waals surface area contributed by atoms with E-state index in [9.17, 15) is 14.7 Å². The third-order valence-electron chi connectivity index (χ3n) is 6.62. The van der Waals surface area contributed by atoms with Gasteiger partial charge in [-0.3, -0.25) is 0 Å². The summed E-state index contributed by atoms with van der Waals surface area (Å²) >= 11 is 0. The summed E-state index contributed by atoms with van der Waals surface area (Å²) in [7, 11) is 0. The van der Waals surface area contributed by atoms with Gasteiger partial charge in [0.05, 0.1) is 6.10 Å². The van der Waals surface area contributed by atoms with Crippen LogP contribution in [-0.2, 0) is 15.9 Å². The molecule has 0 spiro atoms. The van der Waals surface area contributed by atoms with Crippen LogP contribution in [-0.4, -0.2) is 71.6 Å². The quantitative estimate of drug-likeness (QED) is 0.617. The lowest BCUT2D eigenvalue weighted by Crippen LogP contribution is -2.42. The number of rotatable bonds is 7. The minimum atomic E-state index is -0.816. The second-order valence-corrected chi connectivity index (χ2v) is 10.5. The third kappa shape index (κ3) is 8.54. The van der Waals surface area contributed by atoms with Gasteiger partial charge in [0.25, 0.3) is 0 Å². The van der Waals surface area contributed by atoms with E-state index in [0.717, 1.165) is 38.5 Å². The maximum atomic E-state index is 12.3. The van der Waals surface area contributed by atoms with Gasteiger partial charge >= 0.3 is 12.2 Å². The number of carbonyl (C=O) groups excluding carboxylic acids is 1. The highest BCUT2D eigenvalue weighted by Crippen LogP contribution is 2.26. The Kier molecular flexibility index (Phi) is 9.01. The number of nitrogens with zero attached hydrogens (tertiary/aromatic N) is 2. The largest absolute Gasteiger partial charge is 0.465 e. The van der Waals surface area contributed by atoms with E-state index in [-0.39, 0.29) is 12.2 Å². The lowest BCUT2D eigenvalue weighted by molar-refractivity contribution is -0.0116. The fourth-order valence-electron chi connectivity index (χ4n) is 4.70. The Morgan fingerprint density at radius 3 is 2.12 bits per heavy atom. The van der Waals surface area contributed by atoms with Crippen LogP contribution in [0.2, 0.25) is 0 Å². The van der Waals surface area contributed by atoms with Crippen LogP contribution in [0.15, 0.2) is 30.3 Å². The molecule has 0 bridgehead atoms.